The standard InChI is InChI=1S/C34H39Cl2N5O2/c1-22-13-23(2)15-26(14-22)34(43)39-11-12-41(32(21-39)25-5-8-30(35)31(36)16-25)33(42)9-10-38-19-29-17-28(38)20-40(29)18-24-3-6-27(37)7-4-24/h3-8,13-16,28-29,32H,9-12,17-21,37H2,1-2H3/t28-,29+,32-/m0/s1. The van der Waals surface area contributed by atoms with Gasteiger partial charge in [0.05, 0.1) is 16.1 Å². The molecule has 0 aliphatic carbocycles. The lowest BCUT2D eigenvalue weighted by atomic mass is 10.00. The largest absolute Gasteiger partial charge is 0.399 e. The zero-order valence-corrected chi connectivity index (χ0v) is 26.3. The second kappa shape index (κ2) is 12.5. The van der Waals surface area contributed by atoms with E-state index in [0.717, 1.165) is 55.0 Å². The smallest absolute Gasteiger partial charge is 0.254 e. The van der Waals surface area contributed by atoms with Crippen molar-refractivity contribution in [3.63, 3.8) is 0 Å². The van der Waals surface area contributed by atoms with Crippen molar-refractivity contribution in [2.75, 3.05) is 45.0 Å². The quantitative estimate of drug-likeness (QED) is 0.350. The number of likely N-dealkylation sites (tertiary alicyclic amines) is 2. The number of rotatable bonds is 7. The lowest BCUT2D eigenvalue weighted by Gasteiger charge is -2.42. The Kier molecular flexibility index (Phi) is 8.70. The maximum atomic E-state index is 13.8. The SMILES string of the molecule is Cc1cc(C)cc(C(=O)N2CCN(C(=O)CCN3C[C@H]4C[C@H]3CN4Cc3ccc(N)cc3)[C@H](c3ccc(Cl)c(Cl)c3)C2)c1. The van der Waals surface area contributed by atoms with E-state index in [1.54, 1.807) is 6.07 Å². The number of hydrogen-bond acceptors (Lipinski definition) is 5. The fourth-order valence-electron chi connectivity index (χ4n) is 7.09. The van der Waals surface area contributed by atoms with Crippen LogP contribution in [0.25, 0.3) is 0 Å². The van der Waals surface area contributed by atoms with E-state index in [2.05, 4.69) is 28.0 Å². The maximum Gasteiger partial charge on any atom is 0.254 e. The lowest BCUT2D eigenvalue weighted by molar-refractivity contribution is -0.136. The van der Waals surface area contributed by atoms with Gasteiger partial charge in [-0.15, -0.1) is 0 Å². The molecule has 3 atom stereocenters. The Hall–Kier alpha value is -3.10. The van der Waals surface area contributed by atoms with Crippen molar-refractivity contribution < 1.29 is 9.59 Å². The Morgan fingerprint density at radius 1 is 0.837 bits per heavy atom. The number of benzene rings is 3. The first-order valence-electron chi connectivity index (χ1n) is 15.1. The molecule has 3 aliphatic heterocycles. The minimum atomic E-state index is -0.295. The van der Waals surface area contributed by atoms with E-state index in [0.29, 0.717) is 53.7 Å². The summed E-state index contributed by atoms with van der Waals surface area (Å²) in [6.07, 6.45) is 1.60. The molecule has 43 heavy (non-hydrogen) atoms. The van der Waals surface area contributed by atoms with E-state index in [1.165, 1.54) is 5.56 Å². The topological polar surface area (TPSA) is 73.1 Å². The second-order valence-corrected chi connectivity index (χ2v) is 13.2. The van der Waals surface area contributed by atoms with Gasteiger partial charge < -0.3 is 15.5 Å². The van der Waals surface area contributed by atoms with Crippen molar-refractivity contribution in [1.82, 2.24) is 19.6 Å². The molecule has 7 nitrogen and oxygen atoms in total. The van der Waals surface area contributed by atoms with Crippen LogP contribution in [0.15, 0.2) is 60.7 Å². The first-order chi connectivity index (χ1) is 20.6. The molecule has 0 saturated carbocycles. The molecule has 9 heteroatoms. The predicted octanol–water partition coefficient (Wildman–Crippen LogP) is 5.57. The summed E-state index contributed by atoms with van der Waals surface area (Å²) in [7, 11) is 0. The number of anilines is 1. The normalized spacial score (nSPS) is 22.4. The molecule has 6 rings (SSSR count). The zero-order valence-electron chi connectivity index (χ0n) is 24.8. The van der Waals surface area contributed by atoms with Crippen molar-refractivity contribution in [1.29, 1.82) is 0 Å². The number of nitrogens with two attached hydrogens (primary N) is 1. The number of carbonyl (C=O) groups excluding carboxylic acids is 2. The van der Waals surface area contributed by atoms with Gasteiger partial charge in [0.25, 0.3) is 5.91 Å². The summed E-state index contributed by atoms with van der Waals surface area (Å²) in [5.41, 5.74) is 11.6. The summed E-state index contributed by atoms with van der Waals surface area (Å²) in [5, 5.41) is 0.915. The van der Waals surface area contributed by atoms with Gasteiger partial charge in [-0.3, -0.25) is 19.4 Å². The molecule has 3 heterocycles. The van der Waals surface area contributed by atoms with Crippen LogP contribution in [-0.4, -0.2) is 82.8 Å². The summed E-state index contributed by atoms with van der Waals surface area (Å²) in [6, 6.07) is 20.3. The highest BCUT2D eigenvalue weighted by Gasteiger charge is 2.43. The minimum absolute atomic E-state index is 0.0134. The van der Waals surface area contributed by atoms with Crippen LogP contribution < -0.4 is 5.73 Å². The molecule has 0 aromatic heterocycles. The van der Waals surface area contributed by atoms with E-state index < -0.39 is 0 Å². The first kappa shape index (κ1) is 29.9. The van der Waals surface area contributed by atoms with E-state index in [-0.39, 0.29) is 17.9 Å². The lowest BCUT2D eigenvalue weighted by Crippen LogP contribution is -2.53. The molecule has 226 valence electrons. The van der Waals surface area contributed by atoms with Gasteiger partial charge in [0, 0.05) is 75.6 Å². The third-order valence-electron chi connectivity index (χ3n) is 9.23. The van der Waals surface area contributed by atoms with E-state index in [9.17, 15) is 9.59 Å². The van der Waals surface area contributed by atoms with Gasteiger partial charge in [0.1, 0.15) is 0 Å². The van der Waals surface area contributed by atoms with Gasteiger partial charge in [0.2, 0.25) is 5.91 Å². The van der Waals surface area contributed by atoms with Crippen molar-refractivity contribution in [2.45, 2.75) is 51.4 Å². The molecule has 3 aromatic carbocycles. The Morgan fingerprint density at radius 3 is 2.21 bits per heavy atom. The molecule has 2 N–H and O–H groups in total. The minimum Gasteiger partial charge on any atom is -0.399 e. The van der Waals surface area contributed by atoms with Crippen LogP contribution in [0.4, 0.5) is 5.69 Å². The van der Waals surface area contributed by atoms with Gasteiger partial charge in [-0.25, -0.2) is 0 Å². The molecule has 0 spiro atoms. The van der Waals surface area contributed by atoms with Crippen LogP contribution in [-0.2, 0) is 11.3 Å². The number of nitrogen functional groups attached to an aromatic ring is 1. The van der Waals surface area contributed by atoms with E-state index in [4.69, 9.17) is 28.9 Å². The number of aryl methyl sites for hydroxylation is 2. The van der Waals surface area contributed by atoms with Crippen molar-refractivity contribution in [3.8, 4) is 0 Å². The summed E-state index contributed by atoms with van der Waals surface area (Å²) in [6.45, 7) is 9.06. The molecule has 0 radical (unpaired) electrons. The van der Waals surface area contributed by atoms with Crippen molar-refractivity contribution in [3.05, 3.63) is 98.5 Å². The van der Waals surface area contributed by atoms with Crippen molar-refractivity contribution >= 4 is 40.7 Å². The van der Waals surface area contributed by atoms with Gasteiger partial charge in [0.15, 0.2) is 0 Å². The third kappa shape index (κ3) is 6.55. The molecule has 3 saturated heterocycles. The second-order valence-electron chi connectivity index (χ2n) is 12.4. The fourth-order valence-corrected chi connectivity index (χ4v) is 7.40. The molecule has 3 fully saturated rings. The van der Waals surface area contributed by atoms with Crippen LogP contribution in [0.1, 0.15) is 51.5 Å². The van der Waals surface area contributed by atoms with Crippen LogP contribution in [0.5, 0.6) is 0 Å². The Bertz CT molecular complexity index is 1490. The highest BCUT2D eigenvalue weighted by Crippen LogP contribution is 2.34. The van der Waals surface area contributed by atoms with Gasteiger partial charge in [-0.05, 0) is 67.8 Å². The summed E-state index contributed by atoms with van der Waals surface area (Å²) in [4.78, 5) is 36.2. The summed E-state index contributed by atoms with van der Waals surface area (Å²) in [5.74, 6) is 0.0941. The number of carbonyl (C=O) groups is 2. The average Bonchev–Trinajstić information content (AvgIpc) is 3.57. The molecule has 3 aromatic rings. The summed E-state index contributed by atoms with van der Waals surface area (Å²) < 4.78 is 0. The molecule has 0 unspecified atom stereocenters. The fraction of sp³-hybridized carbons (Fsp3) is 0.412. The van der Waals surface area contributed by atoms with Gasteiger partial charge in [-0.2, -0.15) is 0 Å². The molecule has 2 amide bonds. The van der Waals surface area contributed by atoms with E-state index in [1.807, 2.05) is 60.0 Å². The van der Waals surface area contributed by atoms with Crippen LogP contribution in [0, 0.1) is 13.8 Å². The summed E-state index contributed by atoms with van der Waals surface area (Å²) >= 11 is 12.6. The number of amides is 2. The number of hydrogen-bond donors (Lipinski definition) is 1. The molecular weight excluding hydrogens is 581 g/mol. The van der Waals surface area contributed by atoms with Crippen LogP contribution in [0.3, 0.4) is 0 Å². The van der Waals surface area contributed by atoms with Gasteiger partial charge >= 0.3 is 0 Å². The zero-order chi connectivity index (χ0) is 30.2. The monoisotopic (exact) mass is 619 g/mol. The number of nitrogens with zero attached hydrogens (tertiary/aromatic N) is 4. The molecule has 3 aliphatic rings. The number of piperazine rings is 2. The number of fused-ring (bicyclic) bond motifs is 2. The number of halogens is 2. The Labute approximate surface area is 264 Å². The Morgan fingerprint density at radius 2 is 1.53 bits per heavy atom. The van der Waals surface area contributed by atoms with E-state index >= 15 is 0 Å². The van der Waals surface area contributed by atoms with Crippen molar-refractivity contribution in [2.24, 2.45) is 0 Å². The molecular formula is C34H39Cl2N5O2. The average molecular weight is 621 g/mol. The Balaban J connectivity index is 1.11. The highest BCUT2D eigenvalue weighted by atomic mass is 35.5. The predicted molar refractivity (Wildman–Crippen MR) is 172 cm³/mol. The highest BCUT2D eigenvalue weighted by molar-refractivity contribution is 6.42. The maximum absolute atomic E-state index is 13.8. The third-order valence-corrected chi connectivity index (χ3v) is 9.97. The van der Waals surface area contributed by atoms with Crippen LogP contribution in [0.2, 0.25) is 10.0 Å². The molecule has 2 bridgehead atoms. The van der Waals surface area contributed by atoms with Crippen LogP contribution >= 0.6 is 23.2 Å². The van der Waals surface area contributed by atoms with Gasteiger partial charge in [-0.1, -0.05) is 58.6 Å². The first-order valence-corrected chi connectivity index (χ1v) is 15.8.